The van der Waals surface area contributed by atoms with Gasteiger partial charge in [0.1, 0.15) is 0 Å². The van der Waals surface area contributed by atoms with Crippen molar-refractivity contribution in [3.63, 3.8) is 0 Å². The SMILES string of the molecule is c1ccc(-c2cccc(-c3ccccc3-n3c4ccccc4c4cccc(-n5c6ccccc6c6c([Si](c7ccccc7)(c7ccccc7)c7ccccc7)cccc65)c43)c2)cc1. The van der Waals surface area contributed by atoms with E-state index in [4.69, 9.17) is 0 Å². The second-order valence-electron chi connectivity index (χ2n) is 16.4. The van der Waals surface area contributed by atoms with Crippen LogP contribution in [0.2, 0.25) is 0 Å². The summed E-state index contributed by atoms with van der Waals surface area (Å²) in [6.45, 7) is 0. The third-order valence-electron chi connectivity index (χ3n) is 13.1. The van der Waals surface area contributed by atoms with Gasteiger partial charge < -0.3 is 9.13 Å². The molecule has 0 amide bonds. The van der Waals surface area contributed by atoms with E-state index in [1.165, 1.54) is 86.6 Å². The van der Waals surface area contributed by atoms with Crippen LogP contribution in [0, 0.1) is 0 Å². The fourth-order valence-corrected chi connectivity index (χ4v) is 15.5. The number of para-hydroxylation sites is 4. The van der Waals surface area contributed by atoms with Gasteiger partial charge in [0.15, 0.2) is 8.07 Å². The molecule has 2 aromatic heterocycles. The highest BCUT2D eigenvalue weighted by Crippen LogP contribution is 2.42. The van der Waals surface area contributed by atoms with Gasteiger partial charge in [-0.2, -0.15) is 0 Å². The topological polar surface area (TPSA) is 9.86 Å². The molecule has 2 nitrogen and oxygen atoms in total. The van der Waals surface area contributed by atoms with E-state index in [0.717, 1.165) is 11.4 Å². The van der Waals surface area contributed by atoms with Crippen molar-refractivity contribution in [3.8, 4) is 33.6 Å². The maximum atomic E-state index is 2.55. The number of fused-ring (bicyclic) bond motifs is 6. The maximum Gasteiger partial charge on any atom is 0.180 e. The van der Waals surface area contributed by atoms with E-state index in [1.807, 2.05) is 0 Å². The molecule has 0 fully saturated rings. The first-order valence-electron chi connectivity index (χ1n) is 21.8. The van der Waals surface area contributed by atoms with Crippen molar-refractivity contribution in [2.75, 3.05) is 0 Å². The molecule has 0 bridgehead atoms. The summed E-state index contributed by atoms with van der Waals surface area (Å²) in [7, 11) is -2.91. The minimum atomic E-state index is -2.91. The lowest BCUT2D eigenvalue weighted by Crippen LogP contribution is -2.74. The van der Waals surface area contributed by atoms with Crippen LogP contribution >= 0.6 is 0 Å². The van der Waals surface area contributed by atoms with Crippen molar-refractivity contribution in [1.82, 2.24) is 9.13 Å². The molecular formula is C60H42N2Si. The molecular weight excluding hydrogens is 777 g/mol. The van der Waals surface area contributed by atoms with Gasteiger partial charge in [-0.1, -0.05) is 218 Å². The van der Waals surface area contributed by atoms with Crippen LogP contribution in [0.1, 0.15) is 0 Å². The maximum absolute atomic E-state index is 2.91. The minimum absolute atomic E-state index is 1.14. The zero-order valence-corrected chi connectivity index (χ0v) is 35.6. The van der Waals surface area contributed by atoms with Crippen LogP contribution in [0.5, 0.6) is 0 Å². The molecule has 0 aliphatic heterocycles. The molecule has 3 heteroatoms. The summed E-state index contributed by atoms with van der Waals surface area (Å²) in [5.74, 6) is 0. The summed E-state index contributed by atoms with van der Waals surface area (Å²) in [5.41, 5.74) is 11.8. The number of aromatic nitrogens is 2. The zero-order chi connectivity index (χ0) is 41.7. The first kappa shape index (κ1) is 36.8. The lowest BCUT2D eigenvalue weighted by atomic mass is 9.98. The van der Waals surface area contributed by atoms with E-state index in [-0.39, 0.29) is 0 Å². The third kappa shape index (κ3) is 5.78. The largest absolute Gasteiger partial charge is 0.307 e. The average molecular weight is 819 g/mol. The van der Waals surface area contributed by atoms with Gasteiger partial charge in [0.05, 0.1) is 33.4 Å². The highest BCUT2D eigenvalue weighted by Gasteiger charge is 2.43. The van der Waals surface area contributed by atoms with Crippen LogP contribution in [0.25, 0.3) is 77.2 Å². The standard InChI is InChI=1S/C60H42N2Si/c1-5-22-43(23-6-1)44-24-19-25-45(42-44)49-32-13-16-36-53(49)62-54-37-17-14-33-50(54)51-35-20-40-57(60(51)62)61-55-38-18-15-34-52(55)59-56(61)39-21-41-58(59)63(46-26-7-2-8-27-46,47-28-9-3-10-29-47)48-30-11-4-12-31-48/h1-42H. The van der Waals surface area contributed by atoms with Gasteiger partial charge in [-0.3, -0.25) is 0 Å². The van der Waals surface area contributed by atoms with Crippen LogP contribution in [-0.4, -0.2) is 17.2 Å². The van der Waals surface area contributed by atoms with Crippen LogP contribution < -0.4 is 20.7 Å². The van der Waals surface area contributed by atoms with Gasteiger partial charge in [0.25, 0.3) is 0 Å². The number of hydrogen-bond donors (Lipinski definition) is 0. The van der Waals surface area contributed by atoms with E-state index in [0.29, 0.717) is 0 Å². The quantitative estimate of drug-likeness (QED) is 0.107. The zero-order valence-electron chi connectivity index (χ0n) is 34.6. The second kappa shape index (κ2) is 15.2. The molecule has 10 aromatic carbocycles. The van der Waals surface area contributed by atoms with Crippen LogP contribution in [-0.2, 0) is 0 Å². The van der Waals surface area contributed by atoms with Crippen molar-refractivity contribution in [2.24, 2.45) is 0 Å². The lowest BCUT2D eigenvalue weighted by Gasteiger charge is -2.35. The van der Waals surface area contributed by atoms with Crippen LogP contribution in [0.4, 0.5) is 0 Å². The Hall–Kier alpha value is -7.98. The Morgan fingerprint density at radius 1 is 0.286 bits per heavy atom. The molecule has 0 radical (unpaired) electrons. The summed E-state index contributed by atoms with van der Waals surface area (Å²) in [5, 5.41) is 10.5. The normalized spacial score (nSPS) is 11.8. The van der Waals surface area contributed by atoms with Crippen molar-refractivity contribution in [3.05, 3.63) is 255 Å². The first-order chi connectivity index (χ1) is 31.3. The summed E-state index contributed by atoms with van der Waals surface area (Å²) in [6.07, 6.45) is 0. The third-order valence-corrected chi connectivity index (χ3v) is 17.9. The molecule has 0 aliphatic rings. The Labute approximate surface area is 368 Å². The Balaban J connectivity index is 1.19. The highest BCUT2D eigenvalue weighted by atomic mass is 28.3. The van der Waals surface area contributed by atoms with Gasteiger partial charge in [-0.15, -0.1) is 0 Å². The molecule has 12 aromatic rings. The van der Waals surface area contributed by atoms with Crippen molar-refractivity contribution in [2.45, 2.75) is 0 Å². The molecule has 0 atom stereocenters. The van der Waals surface area contributed by atoms with Crippen molar-refractivity contribution in [1.29, 1.82) is 0 Å². The average Bonchev–Trinajstić information content (AvgIpc) is 3.89. The number of hydrogen-bond acceptors (Lipinski definition) is 0. The Morgan fingerprint density at radius 2 is 0.746 bits per heavy atom. The van der Waals surface area contributed by atoms with Gasteiger partial charge in [0, 0.05) is 27.1 Å². The fraction of sp³-hybridized carbons (Fsp3) is 0. The van der Waals surface area contributed by atoms with E-state index < -0.39 is 8.07 Å². The van der Waals surface area contributed by atoms with Crippen molar-refractivity contribution < 1.29 is 0 Å². The molecule has 0 spiro atoms. The smallest absolute Gasteiger partial charge is 0.180 e. The molecule has 296 valence electrons. The van der Waals surface area contributed by atoms with E-state index >= 15 is 0 Å². The predicted octanol–water partition coefficient (Wildman–Crippen LogP) is 12.6. The Morgan fingerprint density at radius 3 is 1.43 bits per heavy atom. The minimum Gasteiger partial charge on any atom is -0.307 e. The fourth-order valence-electron chi connectivity index (χ4n) is 10.5. The molecule has 0 saturated carbocycles. The lowest BCUT2D eigenvalue weighted by molar-refractivity contribution is 1.13. The summed E-state index contributed by atoms with van der Waals surface area (Å²) in [4.78, 5) is 0. The molecule has 63 heavy (non-hydrogen) atoms. The Kier molecular flexibility index (Phi) is 8.87. The van der Waals surface area contributed by atoms with E-state index in [9.17, 15) is 0 Å². The summed E-state index contributed by atoms with van der Waals surface area (Å²) >= 11 is 0. The van der Waals surface area contributed by atoms with Gasteiger partial charge in [-0.25, -0.2) is 0 Å². The highest BCUT2D eigenvalue weighted by molar-refractivity contribution is 7.20. The van der Waals surface area contributed by atoms with E-state index in [1.54, 1.807) is 0 Å². The van der Waals surface area contributed by atoms with Gasteiger partial charge >= 0.3 is 0 Å². The summed E-state index contributed by atoms with van der Waals surface area (Å²) < 4.78 is 5.07. The monoisotopic (exact) mass is 818 g/mol. The second-order valence-corrected chi connectivity index (χ2v) is 20.2. The van der Waals surface area contributed by atoms with Crippen LogP contribution in [0.3, 0.4) is 0 Å². The molecule has 0 saturated heterocycles. The Bertz CT molecular complexity index is 3510. The molecule has 0 aliphatic carbocycles. The van der Waals surface area contributed by atoms with Crippen LogP contribution in [0.15, 0.2) is 255 Å². The first-order valence-corrected chi connectivity index (χ1v) is 23.8. The number of rotatable bonds is 8. The van der Waals surface area contributed by atoms with Crippen molar-refractivity contribution >= 4 is 72.4 Å². The molecule has 0 unspecified atom stereocenters. The molecule has 2 heterocycles. The summed E-state index contributed by atoms with van der Waals surface area (Å²) in [6, 6.07) is 94.3. The molecule has 0 N–H and O–H groups in total. The van der Waals surface area contributed by atoms with Gasteiger partial charge in [0.2, 0.25) is 0 Å². The predicted molar refractivity (Wildman–Crippen MR) is 270 cm³/mol. The number of nitrogens with zero attached hydrogens (tertiary/aromatic N) is 2. The van der Waals surface area contributed by atoms with Gasteiger partial charge in [-0.05, 0) is 73.8 Å². The van der Waals surface area contributed by atoms with E-state index in [2.05, 4.69) is 264 Å². The molecule has 12 rings (SSSR count). The number of benzene rings is 10.